The maximum atomic E-state index is 9.14. The summed E-state index contributed by atoms with van der Waals surface area (Å²) in [7, 11) is 0. The van der Waals surface area contributed by atoms with E-state index < -0.39 is 0 Å². The first-order valence-electron chi connectivity index (χ1n) is 5.58. The molecule has 0 amide bonds. The van der Waals surface area contributed by atoms with Crippen molar-refractivity contribution in [3.8, 4) is 0 Å². The van der Waals surface area contributed by atoms with Gasteiger partial charge in [0.25, 0.3) is 0 Å². The van der Waals surface area contributed by atoms with Crippen LogP contribution >= 0.6 is 11.3 Å². The molecule has 0 aliphatic heterocycles. The lowest BCUT2D eigenvalue weighted by atomic mass is 9.97. The number of thiophene rings is 1. The lowest BCUT2D eigenvalue weighted by Gasteiger charge is -2.18. The predicted octanol–water partition coefficient (Wildman–Crippen LogP) is 2.14. The third-order valence-electron chi connectivity index (χ3n) is 2.71. The third kappa shape index (κ3) is 4.78. The fourth-order valence-corrected chi connectivity index (χ4v) is 2.17. The Hall–Kier alpha value is -0.380. The largest absolute Gasteiger partial charge is 0.396 e. The fraction of sp³-hybridized carbons (Fsp3) is 0.667. The van der Waals surface area contributed by atoms with Gasteiger partial charge in [-0.05, 0) is 36.2 Å². The molecule has 1 rings (SSSR count). The highest BCUT2D eigenvalue weighted by molar-refractivity contribution is 7.09. The number of rotatable bonds is 7. The minimum Gasteiger partial charge on any atom is -0.396 e. The highest BCUT2D eigenvalue weighted by Gasteiger charge is 2.10. The first-order chi connectivity index (χ1) is 7.24. The molecule has 1 heterocycles. The molecule has 3 heteroatoms. The SMILES string of the molecule is CC(C)C(CO)CNCCc1cccs1. The maximum absolute atomic E-state index is 9.14. The lowest BCUT2D eigenvalue weighted by molar-refractivity contribution is 0.186. The fourth-order valence-electron chi connectivity index (χ4n) is 1.46. The van der Waals surface area contributed by atoms with Crippen LogP contribution in [0.4, 0.5) is 0 Å². The number of nitrogens with one attached hydrogen (secondary N) is 1. The molecule has 0 fully saturated rings. The zero-order valence-electron chi connectivity index (χ0n) is 9.57. The van der Waals surface area contributed by atoms with E-state index in [9.17, 15) is 0 Å². The highest BCUT2D eigenvalue weighted by atomic mass is 32.1. The van der Waals surface area contributed by atoms with Crippen LogP contribution in [-0.4, -0.2) is 24.8 Å². The monoisotopic (exact) mass is 227 g/mol. The van der Waals surface area contributed by atoms with Crippen LogP contribution in [0.5, 0.6) is 0 Å². The number of hydrogen-bond donors (Lipinski definition) is 2. The molecule has 2 nitrogen and oxygen atoms in total. The van der Waals surface area contributed by atoms with E-state index in [1.165, 1.54) is 4.88 Å². The Morgan fingerprint density at radius 3 is 2.80 bits per heavy atom. The van der Waals surface area contributed by atoms with Crippen LogP contribution in [-0.2, 0) is 6.42 Å². The molecule has 15 heavy (non-hydrogen) atoms. The van der Waals surface area contributed by atoms with E-state index in [1.54, 1.807) is 11.3 Å². The first kappa shape index (κ1) is 12.7. The topological polar surface area (TPSA) is 32.3 Å². The Morgan fingerprint density at radius 1 is 1.47 bits per heavy atom. The van der Waals surface area contributed by atoms with E-state index in [-0.39, 0.29) is 6.61 Å². The van der Waals surface area contributed by atoms with E-state index >= 15 is 0 Å². The van der Waals surface area contributed by atoms with Gasteiger partial charge in [0.05, 0.1) is 0 Å². The Labute approximate surface area is 96.3 Å². The van der Waals surface area contributed by atoms with Gasteiger partial charge in [0.2, 0.25) is 0 Å². The normalized spacial score (nSPS) is 13.3. The summed E-state index contributed by atoms with van der Waals surface area (Å²) in [6, 6.07) is 4.25. The minimum atomic E-state index is 0.281. The van der Waals surface area contributed by atoms with Crippen LogP contribution in [0.2, 0.25) is 0 Å². The molecule has 0 aliphatic rings. The van der Waals surface area contributed by atoms with Crippen molar-refractivity contribution in [1.82, 2.24) is 5.32 Å². The van der Waals surface area contributed by atoms with Crippen LogP contribution in [0.15, 0.2) is 17.5 Å². The highest BCUT2D eigenvalue weighted by Crippen LogP contribution is 2.10. The Morgan fingerprint density at radius 2 is 2.27 bits per heavy atom. The summed E-state index contributed by atoms with van der Waals surface area (Å²) >= 11 is 1.80. The van der Waals surface area contributed by atoms with Gasteiger partial charge in [0, 0.05) is 18.0 Å². The van der Waals surface area contributed by atoms with Gasteiger partial charge in [-0.3, -0.25) is 0 Å². The molecule has 0 bridgehead atoms. The van der Waals surface area contributed by atoms with Crippen LogP contribution in [0.25, 0.3) is 0 Å². The van der Waals surface area contributed by atoms with Crippen molar-refractivity contribution < 1.29 is 5.11 Å². The lowest BCUT2D eigenvalue weighted by Crippen LogP contribution is -2.29. The Kier molecular flexibility index (Phi) is 5.91. The van der Waals surface area contributed by atoms with Gasteiger partial charge in [0.15, 0.2) is 0 Å². The maximum Gasteiger partial charge on any atom is 0.0473 e. The molecule has 0 spiro atoms. The zero-order valence-corrected chi connectivity index (χ0v) is 10.4. The standard InChI is InChI=1S/C12H21NOS/c1-10(2)11(9-14)8-13-6-5-12-4-3-7-15-12/h3-4,7,10-11,13-14H,5-6,8-9H2,1-2H3. The van der Waals surface area contributed by atoms with Crippen LogP contribution in [0, 0.1) is 11.8 Å². The van der Waals surface area contributed by atoms with Crippen LogP contribution in [0.1, 0.15) is 18.7 Å². The quantitative estimate of drug-likeness (QED) is 0.700. The first-order valence-corrected chi connectivity index (χ1v) is 6.46. The molecule has 0 radical (unpaired) electrons. The number of aliphatic hydroxyl groups is 1. The second kappa shape index (κ2) is 6.99. The summed E-state index contributed by atoms with van der Waals surface area (Å²) in [6.45, 7) is 6.51. The summed E-state index contributed by atoms with van der Waals surface area (Å²) < 4.78 is 0. The van der Waals surface area contributed by atoms with E-state index in [2.05, 4.69) is 36.7 Å². The van der Waals surface area contributed by atoms with Gasteiger partial charge in [0.1, 0.15) is 0 Å². The Bertz CT molecular complexity index is 246. The zero-order chi connectivity index (χ0) is 11.1. The van der Waals surface area contributed by atoms with Crippen molar-refractivity contribution in [3.05, 3.63) is 22.4 Å². The van der Waals surface area contributed by atoms with Crippen molar-refractivity contribution in [1.29, 1.82) is 0 Å². The summed E-state index contributed by atoms with van der Waals surface area (Å²) in [4.78, 5) is 1.42. The molecule has 0 saturated heterocycles. The molecule has 1 atom stereocenters. The van der Waals surface area contributed by atoms with E-state index in [4.69, 9.17) is 5.11 Å². The second-order valence-corrected chi connectivity index (χ2v) is 5.25. The van der Waals surface area contributed by atoms with Crippen molar-refractivity contribution in [2.45, 2.75) is 20.3 Å². The predicted molar refractivity (Wildman–Crippen MR) is 66.3 cm³/mol. The molecular formula is C12H21NOS. The smallest absolute Gasteiger partial charge is 0.0473 e. The second-order valence-electron chi connectivity index (χ2n) is 4.22. The van der Waals surface area contributed by atoms with E-state index in [1.807, 2.05) is 0 Å². The third-order valence-corrected chi connectivity index (χ3v) is 3.65. The average molecular weight is 227 g/mol. The van der Waals surface area contributed by atoms with Gasteiger partial charge in [-0.2, -0.15) is 0 Å². The number of aliphatic hydroxyl groups excluding tert-OH is 1. The van der Waals surface area contributed by atoms with E-state index in [0.717, 1.165) is 19.5 Å². The molecule has 1 aromatic heterocycles. The van der Waals surface area contributed by atoms with Crippen LogP contribution < -0.4 is 5.32 Å². The molecule has 86 valence electrons. The molecule has 0 saturated carbocycles. The summed E-state index contributed by atoms with van der Waals surface area (Å²) in [5, 5.41) is 14.7. The van der Waals surface area contributed by atoms with Gasteiger partial charge in [-0.25, -0.2) is 0 Å². The molecule has 0 aliphatic carbocycles. The minimum absolute atomic E-state index is 0.281. The molecule has 1 aromatic rings. The van der Waals surface area contributed by atoms with Crippen molar-refractivity contribution in [2.75, 3.05) is 19.7 Å². The van der Waals surface area contributed by atoms with E-state index in [0.29, 0.717) is 11.8 Å². The number of hydrogen-bond acceptors (Lipinski definition) is 3. The van der Waals surface area contributed by atoms with Crippen molar-refractivity contribution >= 4 is 11.3 Å². The van der Waals surface area contributed by atoms with Crippen molar-refractivity contribution in [3.63, 3.8) is 0 Å². The van der Waals surface area contributed by atoms with Gasteiger partial charge < -0.3 is 10.4 Å². The molecule has 2 N–H and O–H groups in total. The Balaban J connectivity index is 2.10. The summed E-state index contributed by atoms with van der Waals surface area (Å²) in [5.41, 5.74) is 0. The van der Waals surface area contributed by atoms with Crippen molar-refractivity contribution in [2.24, 2.45) is 11.8 Å². The van der Waals surface area contributed by atoms with Gasteiger partial charge >= 0.3 is 0 Å². The van der Waals surface area contributed by atoms with Gasteiger partial charge in [-0.15, -0.1) is 11.3 Å². The van der Waals surface area contributed by atoms with Crippen LogP contribution in [0.3, 0.4) is 0 Å². The molecular weight excluding hydrogens is 206 g/mol. The molecule has 0 aromatic carbocycles. The molecule has 1 unspecified atom stereocenters. The summed E-state index contributed by atoms with van der Waals surface area (Å²) in [6.07, 6.45) is 1.09. The van der Waals surface area contributed by atoms with Gasteiger partial charge in [-0.1, -0.05) is 19.9 Å². The summed E-state index contributed by atoms with van der Waals surface area (Å²) in [5.74, 6) is 0.928. The average Bonchev–Trinajstić information content (AvgIpc) is 2.70.